The normalized spacial score (nSPS) is 9.18. The molecule has 2 aromatic rings. The monoisotopic (exact) mass is 249 g/mol. The summed E-state index contributed by atoms with van der Waals surface area (Å²) in [6.07, 6.45) is 2.26. The summed E-state index contributed by atoms with van der Waals surface area (Å²) in [4.78, 5) is 18.6. The minimum absolute atomic E-state index is 0. The van der Waals surface area contributed by atoms with E-state index in [4.69, 9.17) is 0 Å². The maximum atomic E-state index is 10.5. The number of rotatable bonds is 4. The molecule has 2 rings (SSSR count). The standard InChI is InChI=1S/C12H11N3O.ClH/c16-9-11-6-7-13-12(15-11)14-8-10-4-2-1-3-5-10;/h1-7,9H,8H2,(H,13,14,15);1H. The van der Waals surface area contributed by atoms with Gasteiger partial charge in [0.25, 0.3) is 0 Å². The van der Waals surface area contributed by atoms with Crippen molar-refractivity contribution >= 4 is 24.6 Å². The van der Waals surface area contributed by atoms with Gasteiger partial charge in [0.15, 0.2) is 6.29 Å². The minimum atomic E-state index is 0. The highest BCUT2D eigenvalue weighted by atomic mass is 35.5. The molecule has 0 aliphatic rings. The van der Waals surface area contributed by atoms with Crippen LogP contribution in [-0.4, -0.2) is 16.3 Å². The lowest BCUT2D eigenvalue weighted by Crippen LogP contribution is -2.04. The third kappa shape index (κ3) is 3.85. The van der Waals surface area contributed by atoms with E-state index >= 15 is 0 Å². The number of aromatic nitrogens is 2. The van der Waals surface area contributed by atoms with Gasteiger partial charge in [-0.3, -0.25) is 4.79 Å². The van der Waals surface area contributed by atoms with E-state index in [0.29, 0.717) is 24.5 Å². The van der Waals surface area contributed by atoms with E-state index in [2.05, 4.69) is 15.3 Å². The third-order valence-electron chi connectivity index (χ3n) is 2.09. The topological polar surface area (TPSA) is 54.9 Å². The van der Waals surface area contributed by atoms with Crippen molar-refractivity contribution in [3.05, 3.63) is 53.9 Å². The molecule has 0 amide bonds. The lowest BCUT2D eigenvalue weighted by atomic mass is 10.2. The summed E-state index contributed by atoms with van der Waals surface area (Å²) in [5, 5.41) is 3.05. The maximum Gasteiger partial charge on any atom is 0.223 e. The first-order valence-corrected chi connectivity index (χ1v) is 4.94. The molecule has 0 spiro atoms. The van der Waals surface area contributed by atoms with E-state index in [1.54, 1.807) is 12.3 Å². The highest BCUT2D eigenvalue weighted by Gasteiger charge is 1.97. The number of hydrogen-bond donors (Lipinski definition) is 1. The highest BCUT2D eigenvalue weighted by Crippen LogP contribution is 2.03. The van der Waals surface area contributed by atoms with Crippen LogP contribution >= 0.6 is 12.4 Å². The van der Waals surface area contributed by atoms with Crippen molar-refractivity contribution in [3.8, 4) is 0 Å². The molecular weight excluding hydrogens is 238 g/mol. The Morgan fingerprint density at radius 2 is 1.94 bits per heavy atom. The molecule has 4 nitrogen and oxygen atoms in total. The Labute approximate surface area is 106 Å². The molecule has 1 N–H and O–H groups in total. The molecule has 88 valence electrons. The van der Waals surface area contributed by atoms with Gasteiger partial charge < -0.3 is 5.32 Å². The number of carbonyl (C=O) groups excluding carboxylic acids is 1. The summed E-state index contributed by atoms with van der Waals surface area (Å²) in [6, 6.07) is 11.5. The lowest BCUT2D eigenvalue weighted by molar-refractivity contribution is 0.111. The van der Waals surface area contributed by atoms with Crippen LogP contribution in [0, 0.1) is 0 Å². The summed E-state index contributed by atoms with van der Waals surface area (Å²) in [5.74, 6) is 0.466. The molecule has 1 aromatic carbocycles. The van der Waals surface area contributed by atoms with Gasteiger partial charge in [-0.25, -0.2) is 9.97 Å². The predicted octanol–water partition coefficient (Wildman–Crippen LogP) is 2.32. The van der Waals surface area contributed by atoms with Gasteiger partial charge in [-0.05, 0) is 11.6 Å². The zero-order valence-electron chi connectivity index (χ0n) is 9.04. The van der Waals surface area contributed by atoms with Crippen LogP contribution < -0.4 is 5.32 Å². The largest absolute Gasteiger partial charge is 0.350 e. The Bertz CT molecular complexity index is 476. The zero-order chi connectivity index (χ0) is 11.2. The fourth-order valence-electron chi connectivity index (χ4n) is 1.30. The first kappa shape index (κ1) is 13.1. The van der Waals surface area contributed by atoms with Crippen LogP contribution in [0.15, 0.2) is 42.6 Å². The van der Waals surface area contributed by atoms with Crippen LogP contribution in [-0.2, 0) is 6.54 Å². The Morgan fingerprint density at radius 1 is 1.18 bits per heavy atom. The first-order valence-electron chi connectivity index (χ1n) is 4.94. The average molecular weight is 250 g/mol. The molecule has 0 unspecified atom stereocenters. The smallest absolute Gasteiger partial charge is 0.223 e. The van der Waals surface area contributed by atoms with Gasteiger partial charge in [0.1, 0.15) is 5.69 Å². The number of benzene rings is 1. The van der Waals surface area contributed by atoms with Crippen molar-refractivity contribution < 1.29 is 4.79 Å². The minimum Gasteiger partial charge on any atom is -0.350 e. The Kier molecular flexibility index (Phi) is 5.10. The maximum absolute atomic E-state index is 10.5. The van der Waals surface area contributed by atoms with Gasteiger partial charge in [0, 0.05) is 12.7 Å². The highest BCUT2D eigenvalue weighted by molar-refractivity contribution is 5.85. The summed E-state index contributed by atoms with van der Waals surface area (Å²) in [6.45, 7) is 0.642. The van der Waals surface area contributed by atoms with Crippen molar-refractivity contribution in [2.24, 2.45) is 0 Å². The van der Waals surface area contributed by atoms with Crippen LogP contribution in [0.5, 0.6) is 0 Å². The fraction of sp³-hybridized carbons (Fsp3) is 0.0833. The second kappa shape index (κ2) is 6.60. The number of aldehydes is 1. The number of hydrogen-bond acceptors (Lipinski definition) is 4. The second-order valence-corrected chi connectivity index (χ2v) is 3.26. The van der Waals surface area contributed by atoms with Crippen LogP contribution in [0.2, 0.25) is 0 Å². The van der Waals surface area contributed by atoms with Crippen molar-refractivity contribution in [1.29, 1.82) is 0 Å². The number of nitrogens with zero attached hydrogens (tertiary/aromatic N) is 2. The van der Waals surface area contributed by atoms with Gasteiger partial charge in [-0.2, -0.15) is 0 Å². The molecule has 1 aromatic heterocycles. The Balaban J connectivity index is 0.00000144. The van der Waals surface area contributed by atoms with E-state index in [9.17, 15) is 4.79 Å². The van der Waals surface area contributed by atoms with E-state index in [1.807, 2.05) is 30.3 Å². The van der Waals surface area contributed by atoms with Crippen molar-refractivity contribution in [2.45, 2.75) is 6.54 Å². The molecule has 0 fully saturated rings. The summed E-state index contributed by atoms with van der Waals surface area (Å²) < 4.78 is 0. The van der Waals surface area contributed by atoms with Crippen LogP contribution in [0.25, 0.3) is 0 Å². The van der Waals surface area contributed by atoms with Crippen molar-refractivity contribution in [3.63, 3.8) is 0 Å². The SMILES string of the molecule is Cl.O=Cc1ccnc(NCc2ccccc2)n1. The summed E-state index contributed by atoms with van der Waals surface area (Å²) >= 11 is 0. The molecule has 0 aliphatic heterocycles. The van der Waals surface area contributed by atoms with Crippen molar-refractivity contribution in [2.75, 3.05) is 5.32 Å². The molecule has 17 heavy (non-hydrogen) atoms. The second-order valence-electron chi connectivity index (χ2n) is 3.26. The summed E-state index contributed by atoms with van der Waals surface area (Å²) in [5.41, 5.74) is 1.52. The first-order chi connectivity index (χ1) is 7.88. The molecule has 0 saturated heterocycles. The zero-order valence-corrected chi connectivity index (χ0v) is 9.85. The molecule has 0 bridgehead atoms. The molecule has 0 saturated carbocycles. The number of nitrogens with one attached hydrogen (secondary N) is 1. The van der Waals surface area contributed by atoms with Crippen molar-refractivity contribution in [1.82, 2.24) is 9.97 Å². The van der Waals surface area contributed by atoms with Crippen LogP contribution in [0.3, 0.4) is 0 Å². The molecular formula is C12H12ClN3O. The van der Waals surface area contributed by atoms with Gasteiger partial charge in [-0.15, -0.1) is 12.4 Å². The molecule has 0 radical (unpaired) electrons. The average Bonchev–Trinajstić information content (AvgIpc) is 2.38. The van der Waals surface area contributed by atoms with E-state index < -0.39 is 0 Å². The predicted molar refractivity (Wildman–Crippen MR) is 68.4 cm³/mol. The number of halogens is 1. The third-order valence-corrected chi connectivity index (χ3v) is 2.09. The number of carbonyl (C=O) groups is 1. The van der Waals surface area contributed by atoms with E-state index in [-0.39, 0.29) is 12.4 Å². The molecule has 5 heteroatoms. The van der Waals surface area contributed by atoms with Gasteiger partial charge >= 0.3 is 0 Å². The van der Waals surface area contributed by atoms with Crippen LogP contribution in [0.1, 0.15) is 16.1 Å². The molecule has 0 atom stereocenters. The van der Waals surface area contributed by atoms with Gasteiger partial charge in [0.2, 0.25) is 5.95 Å². The number of anilines is 1. The molecule has 1 heterocycles. The van der Waals surface area contributed by atoms with Gasteiger partial charge in [-0.1, -0.05) is 30.3 Å². The van der Waals surface area contributed by atoms with Gasteiger partial charge in [0.05, 0.1) is 0 Å². The van der Waals surface area contributed by atoms with E-state index in [0.717, 1.165) is 5.56 Å². The fourth-order valence-corrected chi connectivity index (χ4v) is 1.30. The van der Waals surface area contributed by atoms with E-state index in [1.165, 1.54) is 0 Å². The molecule has 0 aliphatic carbocycles. The lowest BCUT2D eigenvalue weighted by Gasteiger charge is -2.04. The Hall–Kier alpha value is -1.94. The van der Waals surface area contributed by atoms with Crippen LogP contribution in [0.4, 0.5) is 5.95 Å². The quantitative estimate of drug-likeness (QED) is 0.845. The summed E-state index contributed by atoms with van der Waals surface area (Å²) in [7, 11) is 0. The Morgan fingerprint density at radius 3 is 2.65 bits per heavy atom.